The van der Waals surface area contributed by atoms with Crippen LogP contribution in [0.25, 0.3) is 0 Å². The van der Waals surface area contributed by atoms with Crippen LogP contribution in [0, 0.1) is 11.3 Å². The van der Waals surface area contributed by atoms with Gasteiger partial charge in [0.25, 0.3) is 0 Å². The van der Waals surface area contributed by atoms with Crippen LogP contribution < -0.4 is 0 Å². The molecule has 1 aliphatic carbocycles. The lowest BCUT2D eigenvalue weighted by Crippen LogP contribution is -2.41. The Bertz CT molecular complexity index is 816. The summed E-state index contributed by atoms with van der Waals surface area (Å²) in [6.45, 7) is 4.46. The van der Waals surface area contributed by atoms with Gasteiger partial charge in [0.05, 0.1) is 12.0 Å². The normalized spacial score (nSPS) is 26.5. The molecule has 0 unspecified atom stereocenters. The first-order valence-corrected chi connectivity index (χ1v) is 9.09. The van der Waals surface area contributed by atoms with Gasteiger partial charge in [0.1, 0.15) is 6.61 Å². The summed E-state index contributed by atoms with van der Waals surface area (Å²) in [6.07, 6.45) is 0.118. The fraction of sp³-hybridized carbons (Fsp3) is 0.364. The van der Waals surface area contributed by atoms with E-state index in [1.165, 1.54) is 4.90 Å². The maximum atomic E-state index is 13.2. The van der Waals surface area contributed by atoms with Gasteiger partial charge >= 0.3 is 6.09 Å². The molecular weight excluding hydrogens is 326 g/mol. The van der Waals surface area contributed by atoms with Gasteiger partial charge in [-0.2, -0.15) is 0 Å². The van der Waals surface area contributed by atoms with Crippen LogP contribution in [0.15, 0.2) is 60.7 Å². The van der Waals surface area contributed by atoms with Crippen molar-refractivity contribution in [1.29, 1.82) is 0 Å². The van der Waals surface area contributed by atoms with Gasteiger partial charge in [-0.15, -0.1) is 0 Å². The average Bonchev–Trinajstić information content (AvgIpc) is 3.04. The Balaban J connectivity index is 1.55. The number of imide groups is 1. The second kappa shape index (κ2) is 6.27. The van der Waals surface area contributed by atoms with Crippen molar-refractivity contribution in [2.45, 2.75) is 32.2 Å². The minimum atomic E-state index is -0.509. The Hall–Kier alpha value is -2.62. The maximum Gasteiger partial charge on any atom is 0.416 e. The number of hydrogen-bond donors (Lipinski definition) is 0. The van der Waals surface area contributed by atoms with E-state index in [4.69, 9.17) is 4.74 Å². The lowest BCUT2D eigenvalue weighted by Gasteiger charge is -2.20. The molecule has 2 aromatic rings. The predicted octanol–water partition coefficient (Wildman–Crippen LogP) is 4.02. The van der Waals surface area contributed by atoms with Crippen molar-refractivity contribution in [3.05, 3.63) is 71.8 Å². The van der Waals surface area contributed by atoms with Gasteiger partial charge < -0.3 is 4.74 Å². The molecule has 26 heavy (non-hydrogen) atoms. The minimum Gasteiger partial charge on any atom is -0.447 e. The maximum absolute atomic E-state index is 13.2. The molecule has 4 heteroatoms. The molecule has 0 N–H and O–H groups in total. The van der Waals surface area contributed by atoms with Gasteiger partial charge in [0, 0.05) is 5.92 Å². The third kappa shape index (κ3) is 2.79. The highest BCUT2D eigenvalue weighted by Gasteiger charge is 2.64. The lowest BCUT2D eigenvalue weighted by molar-refractivity contribution is -0.131. The van der Waals surface area contributed by atoms with Crippen LogP contribution in [0.1, 0.15) is 30.9 Å². The number of hydrogen-bond acceptors (Lipinski definition) is 3. The molecule has 1 aliphatic heterocycles. The first kappa shape index (κ1) is 16.8. The molecule has 2 fully saturated rings. The molecule has 1 heterocycles. The number of carbonyl (C=O) groups excluding carboxylic acids is 2. The van der Waals surface area contributed by atoms with Crippen LogP contribution >= 0.6 is 0 Å². The summed E-state index contributed by atoms with van der Waals surface area (Å²) in [4.78, 5) is 26.9. The topological polar surface area (TPSA) is 46.6 Å². The molecule has 0 bridgehead atoms. The monoisotopic (exact) mass is 349 g/mol. The molecule has 2 amide bonds. The second-order valence-corrected chi connectivity index (χ2v) is 7.82. The van der Waals surface area contributed by atoms with Crippen molar-refractivity contribution in [2.24, 2.45) is 11.3 Å². The molecule has 2 aliphatic rings. The fourth-order valence-corrected chi connectivity index (χ4v) is 4.30. The van der Waals surface area contributed by atoms with E-state index < -0.39 is 6.09 Å². The third-order valence-corrected chi connectivity index (χ3v) is 5.76. The number of rotatable bonds is 4. The Morgan fingerprint density at radius 2 is 1.69 bits per heavy atom. The summed E-state index contributed by atoms with van der Waals surface area (Å²) in [6, 6.07) is 19.8. The van der Waals surface area contributed by atoms with Crippen LogP contribution in [0.2, 0.25) is 0 Å². The number of cyclic esters (lactones) is 1. The Labute approximate surface area is 153 Å². The number of ether oxygens (including phenoxy) is 1. The molecule has 0 spiro atoms. The van der Waals surface area contributed by atoms with E-state index in [9.17, 15) is 9.59 Å². The van der Waals surface area contributed by atoms with Crippen molar-refractivity contribution in [1.82, 2.24) is 4.90 Å². The van der Waals surface area contributed by atoms with Crippen LogP contribution in [-0.4, -0.2) is 29.5 Å². The highest BCUT2D eigenvalue weighted by molar-refractivity contribution is 5.97. The van der Waals surface area contributed by atoms with Crippen LogP contribution in [0.5, 0.6) is 0 Å². The van der Waals surface area contributed by atoms with E-state index in [2.05, 4.69) is 26.0 Å². The summed E-state index contributed by atoms with van der Waals surface area (Å²) < 4.78 is 5.22. The second-order valence-electron chi connectivity index (χ2n) is 7.82. The summed E-state index contributed by atoms with van der Waals surface area (Å²) in [5.74, 6) is -0.150. The first-order chi connectivity index (χ1) is 12.5. The predicted molar refractivity (Wildman–Crippen MR) is 98.6 cm³/mol. The molecule has 0 radical (unpaired) electrons. The van der Waals surface area contributed by atoms with Crippen molar-refractivity contribution in [3.63, 3.8) is 0 Å². The fourth-order valence-electron chi connectivity index (χ4n) is 4.30. The van der Waals surface area contributed by atoms with E-state index in [0.717, 1.165) is 11.1 Å². The summed E-state index contributed by atoms with van der Waals surface area (Å²) >= 11 is 0. The molecule has 2 aromatic carbocycles. The molecule has 0 aromatic heterocycles. The summed E-state index contributed by atoms with van der Waals surface area (Å²) in [7, 11) is 0. The highest BCUT2D eigenvalue weighted by Crippen LogP contribution is 2.65. The summed E-state index contributed by atoms with van der Waals surface area (Å²) in [5, 5.41) is 0. The van der Waals surface area contributed by atoms with Gasteiger partial charge in [-0.25, -0.2) is 9.69 Å². The number of nitrogens with zero attached hydrogens (tertiary/aromatic N) is 1. The van der Waals surface area contributed by atoms with Gasteiger partial charge in [0.15, 0.2) is 0 Å². The molecular formula is C22H23NO3. The van der Waals surface area contributed by atoms with E-state index in [1.54, 1.807) is 0 Å². The van der Waals surface area contributed by atoms with Crippen LogP contribution in [0.3, 0.4) is 0 Å². The lowest BCUT2D eigenvalue weighted by atomic mass is 10.0. The van der Waals surface area contributed by atoms with E-state index in [-0.39, 0.29) is 35.8 Å². The zero-order valence-electron chi connectivity index (χ0n) is 15.1. The van der Waals surface area contributed by atoms with Gasteiger partial charge in [-0.3, -0.25) is 4.79 Å². The number of benzene rings is 2. The van der Waals surface area contributed by atoms with Crippen molar-refractivity contribution >= 4 is 12.0 Å². The van der Waals surface area contributed by atoms with E-state index in [0.29, 0.717) is 6.42 Å². The van der Waals surface area contributed by atoms with Crippen LogP contribution in [-0.2, 0) is 16.0 Å². The van der Waals surface area contributed by atoms with Gasteiger partial charge in [-0.1, -0.05) is 74.5 Å². The number of amides is 2. The molecule has 4 nitrogen and oxygen atoms in total. The van der Waals surface area contributed by atoms with E-state index in [1.807, 2.05) is 48.5 Å². The molecule has 134 valence electrons. The van der Waals surface area contributed by atoms with E-state index >= 15 is 0 Å². The Kier molecular flexibility index (Phi) is 4.06. The zero-order chi connectivity index (χ0) is 18.3. The van der Waals surface area contributed by atoms with Crippen molar-refractivity contribution in [2.75, 3.05) is 6.61 Å². The molecule has 1 saturated carbocycles. The molecule has 1 saturated heterocycles. The van der Waals surface area contributed by atoms with Crippen LogP contribution in [0.4, 0.5) is 4.79 Å². The summed E-state index contributed by atoms with van der Waals surface area (Å²) in [5.41, 5.74) is 2.10. The minimum absolute atomic E-state index is 0.104. The SMILES string of the molecule is CC1(C)[C@H](C(=O)N2C(=O)OC[C@@H]2Cc2ccccc2)[C@H]1c1ccccc1. The van der Waals surface area contributed by atoms with Crippen molar-refractivity contribution in [3.8, 4) is 0 Å². The van der Waals surface area contributed by atoms with Gasteiger partial charge in [0.2, 0.25) is 5.91 Å². The Morgan fingerprint density at radius 1 is 1.08 bits per heavy atom. The highest BCUT2D eigenvalue weighted by atomic mass is 16.6. The Morgan fingerprint density at radius 3 is 2.35 bits per heavy atom. The average molecular weight is 349 g/mol. The third-order valence-electron chi connectivity index (χ3n) is 5.76. The number of carbonyl (C=O) groups is 2. The molecule has 3 atom stereocenters. The standard InChI is InChI=1S/C22H23NO3/c1-22(2)18(16-11-7-4-8-12-16)19(22)20(24)23-17(14-26-21(23)25)13-15-9-5-3-6-10-15/h3-12,17-19H,13-14H2,1-2H3/t17-,18+,19-/m0/s1. The first-order valence-electron chi connectivity index (χ1n) is 9.09. The smallest absolute Gasteiger partial charge is 0.416 e. The van der Waals surface area contributed by atoms with Crippen molar-refractivity contribution < 1.29 is 14.3 Å². The quantitative estimate of drug-likeness (QED) is 0.838. The zero-order valence-corrected chi connectivity index (χ0v) is 15.1. The largest absolute Gasteiger partial charge is 0.447 e. The van der Waals surface area contributed by atoms with Gasteiger partial charge in [-0.05, 0) is 23.0 Å². The molecule has 4 rings (SSSR count).